The van der Waals surface area contributed by atoms with Crippen molar-refractivity contribution in [2.75, 3.05) is 14.1 Å². The van der Waals surface area contributed by atoms with Gasteiger partial charge in [-0.15, -0.1) is 0 Å². The van der Waals surface area contributed by atoms with Gasteiger partial charge in [0.05, 0.1) is 4.90 Å². The van der Waals surface area contributed by atoms with Gasteiger partial charge in [-0.3, -0.25) is 4.79 Å². The van der Waals surface area contributed by atoms with Crippen molar-refractivity contribution in [2.45, 2.75) is 23.8 Å². The maximum atomic E-state index is 12.4. The third kappa shape index (κ3) is 3.92. The van der Waals surface area contributed by atoms with Gasteiger partial charge in [0, 0.05) is 31.6 Å². The fourth-order valence-corrected chi connectivity index (χ4v) is 4.32. The fraction of sp³-hybridized carbons (Fsp3) is 0.316. The fourth-order valence-electron chi connectivity index (χ4n) is 3.00. The quantitative estimate of drug-likeness (QED) is 0.821. The molecule has 2 aromatic carbocycles. The van der Waals surface area contributed by atoms with E-state index in [4.69, 9.17) is 11.6 Å². The molecular formula is C19H21ClN2O3S. The van der Waals surface area contributed by atoms with Crippen molar-refractivity contribution >= 4 is 27.5 Å². The van der Waals surface area contributed by atoms with E-state index < -0.39 is 10.0 Å². The predicted molar refractivity (Wildman–Crippen MR) is 101 cm³/mol. The third-order valence-electron chi connectivity index (χ3n) is 4.59. The van der Waals surface area contributed by atoms with Crippen LogP contribution in [0.2, 0.25) is 5.02 Å². The Morgan fingerprint density at radius 3 is 2.62 bits per heavy atom. The third-order valence-corrected chi connectivity index (χ3v) is 6.74. The average molecular weight is 393 g/mol. The minimum absolute atomic E-state index is 0.0629. The summed E-state index contributed by atoms with van der Waals surface area (Å²) in [7, 11) is -0.570. The first-order valence-corrected chi connectivity index (χ1v) is 10.2. The summed E-state index contributed by atoms with van der Waals surface area (Å²) in [6, 6.07) is 14.3. The summed E-state index contributed by atoms with van der Waals surface area (Å²) >= 11 is 6.01. The Morgan fingerprint density at radius 1 is 1.19 bits per heavy atom. The molecule has 7 heteroatoms. The number of nitrogens with zero attached hydrogens (tertiary/aromatic N) is 1. The van der Waals surface area contributed by atoms with Crippen LogP contribution in [0.25, 0.3) is 0 Å². The lowest BCUT2D eigenvalue weighted by atomic mass is 10.1. The highest BCUT2D eigenvalue weighted by atomic mass is 35.5. The zero-order valence-corrected chi connectivity index (χ0v) is 16.2. The van der Waals surface area contributed by atoms with Gasteiger partial charge in [-0.1, -0.05) is 41.9 Å². The predicted octanol–water partition coefficient (Wildman–Crippen LogP) is 3.01. The lowest BCUT2D eigenvalue weighted by Crippen LogP contribution is -2.28. The number of carbonyl (C=O) groups excluding carboxylic acids is 1. The number of hydrogen-bond acceptors (Lipinski definition) is 3. The highest BCUT2D eigenvalue weighted by Crippen LogP contribution is 2.48. The van der Waals surface area contributed by atoms with Gasteiger partial charge in [0.15, 0.2) is 0 Å². The van der Waals surface area contributed by atoms with Gasteiger partial charge in [-0.25, -0.2) is 12.7 Å². The molecule has 0 aliphatic heterocycles. The van der Waals surface area contributed by atoms with Crippen molar-refractivity contribution in [2.24, 2.45) is 5.92 Å². The van der Waals surface area contributed by atoms with Crippen LogP contribution in [-0.4, -0.2) is 32.7 Å². The number of halogens is 1. The Bertz CT molecular complexity index is 928. The maximum absolute atomic E-state index is 12.4. The van der Waals surface area contributed by atoms with E-state index in [9.17, 15) is 13.2 Å². The van der Waals surface area contributed by atoms with Gasteiger partial charge in [0.1, 0.15) is 0 Å². The normalized spacial score (nSPS) is 19.4. The van der Waals surface area contributed by atoms with E-state index in [-0.39, 0.29) is 29.2 Å². The Hall–Kier alpha value is -1.89. The number of hydrogen-bond donors (Lipinski definition) is 1. The summed E-state index contributed by atoms with van der Waals surface area (Å²) in [5.41, 5.74) is 1.64. The Kier molecular flexibility index (Phi) is 5.37. The molecule has 2 atom stereocenters. The maximum Gasteiger partial charge on any atom is 0.242 e. The second-order valence-electron chi connectivity index (χ2n) is 6.62. The van der Waals surface area contributed by atoms with E-state index in [2.05, 4.69) is 5.32 Å². The smallest absolute Gasteiger partial charge is 0.242 e. The molecule has 1 aliphatic carbocycles. The lowest BCUT2D eigenvalue weighted by molar-refractivity contribution is -0.122. The average Bonchev–Trinajstić information content (AvgIpc) is 3.40. The highest BCUT2D eigenvalue weighted by molar-refractivity contribution is 7.89. The van der Waals surface area contributed by atoms with Gasteiger partial charge in [0.2, 0.25) is 15.9 Å². The summed E-state index contributed by atoms with van der Waals surface area (Å²) in [5, 5.41) is 3.54. The van der Waals surface area contributed by atoms with Gasteiger partial charge >= 0.3 is 0 Å². The molecule has 0 bridgehead atoms. The van der Waals surface area contributed by atoms with Crippen molar-refractivity contribution in [1.82, 2.24) is 9.62 Å². The molecule has 2 unspecified atom stereocenters. The highest BCUT2D eigenvalue weighted by Gasteiger charge is 2.43. The minimum atomic E-state index is -3.55. The Morgan fingerprint density at radius 2 is 1.92 bits per heavy atom. The molecular weight excluding hydrogens is 372 g/mol. The molecule has 1 fully saturated rings. The number of rotatable bonds is 6. The summed E-state index contributed by atoms with van der Waals surface area (Å²) in [4.78, 5) is 12.7. The van der Waals surface area contributed by atoms with Crippen molar-refractivity contribution < 1.29 is 13.2 Å². The molecule has 0 radical (unpaired) electrons. The van der Waals surface area contributed by atoms with E-state index in [0.29, 0.717) is 10.6 Å². The second kappa shape index (κ2) is 7.39. The van der Waals surface area contributed by atoms with Crippen molar-refractivity contribution in [3.63, 3.8) is 0 Å². The van der Waals surface area contributed by atoms with Crippen molar-refractivity contribution in [3.05, 3.63) is 64.7 Å². The van der Waals surface area contributed by atoms with Crippen LogP contribution in [-0.2, 0) is 21.4 Å². The van der Waals surface area contributed by atoms with Crippen LogP contribution in [0, 0.1) is 5.92 Å². The zero-order valence-electron chi connectivity index (χ0n) is 14.6. The Labute approximate surface area is 159 Å². The molecule has 1 aliphatic rings. The van der Waals surface area contributed by atoms with Crippen LogP contribution >= 0.6 is 11.6 Å². The molecule has 0 aromatic heterocycles. The molecule has 26 heavy (non-hydrogen) atoms. The van der Waals surface area contributed by atoms with Crippen LogP contribution in [0.15, 0.2) is 53.4 Å². The number of benzene rings is 2. The van der Waals surface area contributed by atoms with Crippen LogP contribution < -0.4 is 5.32 Å². The first-order chi connectivity index (χ1) is 12.3. The largest absolute Gasteiger partial charge is 0.352 e. The summed E-state index contributed by atoms with van der Waals surface area (Å²) in [6.45, 7) is 0.181. The van der Waals surface area contributed by atoms with Gasteiger partial charge in [-0.2, -0.15) is 0 Å². The summed E-state index contributed by atoms with van der Waals surface area (Å²) < 4.78 is 26.0. The number of sulfonamides is 1. The molecule has 1 saturated carbocycles. The number of nitrogens with one attached hydrogen (secondary N) is 1. The van der Waals surface area contributed by atoms with Gasteiger partial charge in [-0.05, 0) is 41.7 Å². The standard InChI is InChI=1S/C19H21ClN2O3S/c1-22(2)26(24,25)18-9-4-3-6-14(18)12-21-19(23)17-11-16(17)13-7-5-8-15(20)10-13/h3-10,16-17H,11-12H2,1-2H3,(H,21,23). The van der Waals surface area contributed by atoms with Crippen LogP contribution in [0.3, 0.4) is 0 Å². The zero-order chi connectivity index (χ0) is 18.9. The van der Waals surface area contributed by atoms with Gasteiger partial charge < -0.3 is 5.32 Å². The van der Waals surface area contributed by atoms with Crippen LogP contribution in [0.4, 0.5) is 0 Å². The first kappa shape index (κ1) is 18.9. The monoisotopic (exact) mass is 392 g/mol. The van der Waals surface area contributed by atoms with Gasteiger partial charge in [0.25, 0.3) is 0 Å². The SMILES string of the molecule is CN(C)S(=O)(=O)c1ccccc1CNC(=O)C1CC1c1cccc(Cl)c1. The Balaban J connectivity index is 1.67. The molecule has 1 N–H and O–H groups in total. The summed E-state index contributed by atoms with van der Waals surface area (Å²) in [5.74, 6) is 0.0209. The first-order valence-electron chi connectivity index (χ1n) is 8.34. The van der Waals surface area contributed by atoms with Crippen LogP contribution in [0.5, 0.6) is 0 Å². The molecule has 5 nitrogen and oxygen atoms in total. The lowest BCUT2D eigenvalue weighted by Gasteiger charge is -2.15. The molecule has 3 rings (SSSR count). The summed E-state index contributed by atoms with van der Waals surface area (Å²) in [6.07, 6.45) is 0.782. The van der Waals surface area contributed by atoms with E-state index in [1.165, 1.54) is 18.4 Å². The molecule has 138 valence electrons. The van der Waals surface area contributed by atoms with Crippen LogP contribution in [0.1, 0.15) is 23.5 Å². The topological polar surface area (TPSA) is 66.5 Å². The van der Waals surface area contributed by atoms with E-state index >= 15 is 0 Å². The van der Waals surface area contributed by atoms with E-state index in [1.807, 2.05) is 24.3 Å². The molecule has 0 spiro atoms. The van der Waals surface area contributed by atoms with E-state index in [0.717, 1.165) is 12.0 Å². The number of amides is 1. The molecule has 0 saturated heterocycles. The van der Waals surface area contributed by atoms with Crippen molar-refractivity contribution in [3.8, 4) is 0 Å². The molecule has 0 heterocycles. The van der Waals surface area contributed by atoms with E-state index in [1.54, 1.807) is 24.3 Å². The second-order valence-corrected chi connectivity index (χ2v) is 9.17. The molecule has 1 amide bonds. The molecule has 2 aromatic rings. The minimum Gasteiger partial charge on any atom is -0.352 e. The van der Waals surface area contributed by atoms with Crippen molar-refractivity contribution in [1.29, 1.82) is 0 Å². The number of carbonyl (C=O) groups is 1.